The van der Waals surface area contributed by atoms with E-state index in [4.69, 9.17) is 4.74 Å². The number of carboxylic acid groups (broad SMARTS) is 4. The summed E-state index contributed by atoms with van der Waals surface area (Å²) in [5, 5.41) is 53.0. The van der Waals surface area contributed by atoms with E-state index in [-0.39, 0.29) is 12.0 Å². The van der Waals surface area contributed by atoms with Crippen molar-refractivity contribution in [2.45, 2.75) is 122 Å². The van der Waals surface area contributed by atoms with Crippen molar-refractivity contribution in [1.29, 1.82) is 0 Å². The van der Waals surface area contributed by atoms with Crippen LogP contribution in [0.3, 0.4) is 0 Å². The number of allylic oxidation sites excluding steroid dienone is 2. The number of methoxy groups -OCH3 is 1. The normalized spacial score (nSPS) is 25.4. The molecule has 23 nitrogen and oxygen atoms in total. The lowest BCUT2D eigenvalue weighted by Crippen LogP contribution is -2.59. The molecule has 1 aliphatic heterocycles. The maximum Gasteiger partial charge on any atom is 0.327 e. The molecule has 0 radical (unpaired) electrons. The minimum atomic E-state index is -2.09. The molecule has 10 N–H and O–H groups in total. The second-order valence-electron chi connectivity index (χ2n) is 17.0. The van der Waals surface area contributed by atoms with Crippen molar-refractivity contribution < 1.29 is 77.9 Å². The van der Waals surface area contributed by atoms with Crippen LogP contribution in [0.15, 0.2) is 66.4 Å². The van der Waals surface area contributed by atoms with Crippen molar-refractivity contribution in [3.8, 4) is 0 Å². The summed E-state index contributed by atoms with van der Waals surface area (Å²) >= 11 is 0. The molecule has 2 rings (SSSR count). The average Bonchev–Trinajstić information content (AvgIpc) is 3.30. The molecule has 0 aromatic heterocycles. The molecule has 1 aromatic rings. The van der Waals surface area contributed by atoms with Gasteiger partial charge in [-0.05, 0) is 45.1 Å². The quantitative estimate of drug-likeness (QED) is 0.0832. The molecular weight excluding hydrogens is 919 g/mol. The molecule has 1 aliphatic rings. The van der Waals surface area contributed by atoms with E-state index >= 15 is 0 Å². The molecule has 1 saturated heterocycles. The van der Waals surface area contributed by atoms with Gasteiger partial charge in [-0.2, -0.15) is 0 Å². The Hall–Kier alpha value is -7.43. The van der Waals surface area contributed by atoms with Gasteiger partial charge in [0.25, 0.3) is 5.91 Å². The number of carboxylic acids is 4. The zero-order valence-electron chi connectivity index (χ0n) is 40.2. The van der Waals surface area contributed by atoms with E-state index < -0.39 is 158 Å². The van der Waals surface area contributed by atoms with Crippen molar-refractivity contribution in [1.82, 2.24) is 36.8 Å². The third kappa shape index (κ3) is 18.9. The first-order valence-electron chi connectivity index (χ1n) is 22.4. The zero-order chi connectivity index (χ0) is 53.0. The largest absolute Gasteiger partial charge is 0.481 e. The second kappa shape index (κ2) is 28.2. The van der Waals surface area contributed by atoms with Gasteiger partial charge in [-0.15, -0.1) is 0 Å². The number of aliphatic carboxylic acids is 4. The lowest BCUT2D eigenvalue weighted by Gasteiger charge is -2.28. The summed E-state index contributed by atoms with van der Waals surface area (Å²) < 4.78 is 5.76. The Morgan fingerprint density at radius 1 is 0.757 bits per heavy atom. The van der Waals surface area contributed by atoms with Gasteiger partial charge in [0.2, 0.25) is 35.4 Å². The molecule has 1 aromatic carbocycles. The van der Waals surface area contributed by atoms with Crippen molar-refractivity contribution >= 4 is 65.2 Å². The number of benzene rings is 1. The maximum absolute atomic E-state index is 14.1. The number of nitrogens with one attached hydrogen (secondary N) is 6. The Balaban J connectivity index is 2.71. The standard InChI is InChI=1S/C47H65N7O16/c1-24(22-25(2)35(70-8)23-30-12-10-9-11-13-30)14-15-31-26(3)40(60)52-34(46(66)67)16-19-36(55)54(7)29(6)43(63)48-28(5)42(62)51-33(18-21-38(58)59)45(65)53-39(47(68)69)27(4)41(61)50-32(44(64)49-31)17-20-37(56)57/h9-15,22,25-28,31-35,39H,6,16-21,23H2,1-5,7-8H3,(H,48,63)(H,49,64)(H,50,61)(H,51,62)(H,52,60)(H,53,65)(H,56,57)(H,58,59)(H,66,67)(H,68,69). The molecule has 23 heteroatoms. The van der Waals surface area contributed by atoms with Crippen molar-refractivity contribution in [2.24, 2.45) is 17.8 Å². The van der Waals surface area contributed by atoms with Crippen molar-refractivity contribution in [3.05, 3.63) is 72.0 Å². The van der Waals surface area contributed by atoms with Crippen LogP contribution in [0.1, 0.15) is 78.7 Å². The number of ether oxygens (including phenoxy) is 1. The van der Waals surface area contributed by atoms with Crippen LogP contribution in [0.4, 0.5) is 0 Å². The van der Waals surface area contributed by atoms with Gasteiger partial charge in [0, 0.05) is 39.3 Å². The van der Waals surface area contributed by atoms with Crippen molar-refractivity contribution in [3.63, 3.8) is 0 Å². The summed E-state index contributed by atoms with van der Waals surface area (Å²) in [6, 6.07) is -0.429. The lowest BCUT2D eigenvalue weighted by molar-refractivity contribution is -0.147. The number of hydrogen-bond donors (Lipinski definition) is 10. The molecule has 10 unspecified atom stereocenters. The Kier molecular flexibility index (Phi) is 23.6. The highest BCUT2D eigenvalue weighted by molar-refractivity contribution is 6.00. The SMILES string of the molecule is C=C1C(=O)NC(C)C(=O)NC(CCC(=O)O)C(=O)NC(C(=O)O)C(C)C(=O)NC(CCC(=O)O)C(=O)NC(C=CC(C)=CC(C)C(Cc2ccccc2)OC)C(C)C(=O)NC(C(=O)O)CCC(=O)N1C. The van der Waals surface area contributed by atoms with E-state index in [2.05, 4.69) is 38.5 Å². The first kappa shape index (κ1) is 58.7. The number of nitrogens with zero attached hydrogens (tertiary/aromatic N) is 1. The highest BCUT2D eigenvalue weighted by Crippen LogP contribution is 2.19. The van der Waals surface area contributed by atoms with Gasteiger partial charge in [0.15, 0.2) is 0 Å². The third-order valence-electron chi connectivity index (χ3n) is 11.6. The van der Waals surface area contributed by atoms with Gasteiger partial charge >= 0.3 is 23.9 Å². The summed E-state index contributed by atoms with van der Waals surface area (Å²) in [4.78, 5) is 144. The van der Waals surface area contributed by atoms with Crippen LogP contribution < -0.4 is 31.9 Å². The van der Waals surface area contributed by atoms with Crippen LogP contribution in [0.2, 0.25) is 0 Å². The zero-order valence-corrected chi connectivity index (χ0v) is 40.2. The fourth-order valence-corrected chi connectivity index (χ4v) is 7.05. The second-order valence-corrected chi connectivity index (χ2v) is 17.0. The summed E-state index contributed by atoms with van der Waals surface area (Å²) in [7, 11) is 2.71. The first-order chi connectivity index (χ1) is 32.8. The molecule has 1 heterocycles. The molecule has 384 valence electrons. The average molecular weight is 984 g/mol. The van der Waals surface area contributed by atoms with Gasteiger partial charge < -0.3 is 62.0 Å². The number of carbonyl (C=O) groups excluding carboxylic acids is 7. The van der Waals surface area contributed by atoms with E-state index in [1.54, 1.807) is 20.1 Å². The molecule has 0 aliphatic carbocycles. The minimum absolute atomic E-state index is 0.171. The number of amides is 7. The molecule has 0 spiro atoms. The fraction of sp³-hybridized carbons (Fsp3) is 0.511. The predicted octanol–water partition coefficient (Wildman–Crippen LogP) is 0.248. The summed E-state index contributed by atoms with van der Waals surface area (Å²) in [6.07, 6.45) is 1.56. The van der Waals surface area contributed by atoms with Gasteiger partial charge in [0.1, 0.15) is 35.9 Å². The number of rotatable bonds is 15. The van der Waals surface area contributed by atoms with E-state index in [0.717, 1.165) is 31.4 Å². The van der Waals surface area contributed by atoms with Gasteiger partial charge in [-0.3, -0.25) is 43.2 Å². The maximum atomic E-state index is 14.1. The number of hydrogen-bond acceptors (Lipinski definition) is 12. The smallest absolute Gasteiger partial charge is 0.327 e. The van der Waals surface area contributed by atoms with Crippen LogP contribution in [-0.2, 0) is 63.9 Å². The Morgan fingerprint density at radius 3 is 1.83 bits per heavy atom. The highest BCUT2D eigenvalue weighted by atomic mass is 16.5. The first-order valence-corrected chi connectivity index (χ1v) is 22.4. The number of carbonyl (C=O) groups is 11. The Labute approximate surface area is 404 Å². The molecule has 0 bridgehead atoms. The molecule has 0 saturated carbocycles. The topological polar surface area (TPSA) is 353 Å². The van der Waals surface area contributed by atoms with Crippen LogP contribution in [0, 0.1) is 17.8 Å². The number of likely N-dealkylation sites (N-methyl/N-ethyl adjacent to an activating group) is 1. The Bertz CT molecular complexity index is 2180. The van der Waals surface area contributed by atoms with Gasteiger partial charge in [0.05, 0.1) is 24.0 Å². The van der Waals surface area contributed by atoms with E-state index in [1.165, 1.54) is 13.0 Å². The third-order valence-corrected chi connectivity index (χ3v) is 11.6. The van der Waals surface area contributed by atoms with Crippen LogP contribution in [-0.4, -0.2) is 147 Å². The van der Waals surface area contributed by atoms with Crippen molar-refractivity contribution in [2.75, 3.05) is 14.2 Å². The molecule has 7 amide bonds. The summed E-state index contributed by atoms with van der Waals surface area (Å²) in [6.45, 7) is 10.8. The van der Waals surface area contributed by atoms with Gasteiger partial charge in [-0.1, -0.05) is 81.5 Å². The van der Waals surface area contributed by atoms with E-state index in [0.29, 0.717) is 12.0 Å². The Morgan fingerprint density at radius 2 is 1.30 bits per heavy atom. The molecule has 1 fully saturated rings. The van der Waals surface area contributed by atoms with E-state index in [9.17, 15) is 73.2 Å². The fourth-order valence-electron chi connectivity index (χ4n) is 7.05. The monoisotopic (exact) mass is 983 g/mol. The molecule has 70 heavy (non-hydrogen) atoms. The highest BCUT2D eigenvalue weighted by Gasteiger charge is 2.37. The lowest BCUT2D eigenvalue weighted by atomic mass is 9.94. The minimum Gasteiger partial charge on any atom is -0.481 e. The predicted molar refractivity (Wildman–Crippen MR) is 249 cm³/mol. The molecular formula is C47H65N7O16. The van der Waals surface area contributed by atoms with Crippen LogP contribution in [0.5, 0.6) is 0 Å². The summed E-state index contributed by atoms with van der Waals surface area (Å²) in [5.74, 6) is -16.7. The summed E-state index contributed by atoms with van der Waals surface area (Å²) in [5.41, 5.74) is 1.16. The van der Waals surface area contributed by atoms with E-state index in [1.807, 2.05) is 43.3 Å². The van der Waals surface area contributed by atoms with Crippen LogP contribution >= 0.6 is 0 Å². The van der Waals surface area contributed by atoms with Gasteiger partial charge in [-0.25, -0.2) is 9.59 Å². The van der Waals surface area contributed by atoms with Crippen LogP contribution in [0.25, 0.3) is 0 Å². The molecule has 10 atom stereocenters.